The molecule has 0 radical (unpaired) electrons. The Hall–Kier alpha value is -2.83. The number of benzene rings is 2. The number of aromatic nitrogens is 1. The molecule has 1 aromatic heterocycles. The molecular formula is C17H14F3N3O. The highest BCUT2D eigenvalue weighted by molar-refractivity contribution is 5.96. The Balaban J connectivity index is 2.08. The Morgan fingerprint density at radius 3 is 2.42 bits per heavy atom. The van der Waals surface area contributed by atoms with Crippen LogP contribution in [0.3, 0.4) is 0 Å². The minimum absolute atomic E-state index is 0.0191. The van der Waals surface area contributed by atoms with Crippen LogP contribution in [0.4, 0.5) is 24.5 Å². The van der Waals surface area contributed by atoms with Crippen molar-refractivity contribution in [2.24, 2.45) is 10.2 Å². The van der Waals surface area contributed by atoms with Crippen molar-refractivity contribution in [3.8, 4) is 5.88 Å². The van der Waals surface area contributed by atoms with Gasteiger partial charge in [0, 0.05) is 5.39 Å². The molecule has 0 unspecified atom stereocenters. The molecule has 0 fully saturated rings. The number of hydrogen-bond donors (Lipinski definition) is 2. The third kappa shape index (κ3) is 2.84. The highest BCUT2D eigenvalue weighted by Gasteiger charge is 2.34. The first-order valence-corrected chi connectivity index (χ1v) is 7.17. The van der Waals surface area contributed by atoms with Crippen LogP contribution in [0.2, 0.25) is 0 Å². The number of azo groups is 1. The molecule has 7 heteroatoms. The molecule has 3 rings (SSSR count). The van der Waals surface area contributed by atoms with Gasteiger partial charge in [0.05, 0.1) is 16.8 Å². The molecular weight excluding hydrogens is 319 g/mol. The van der Waals surface area contributed by atoms with Gasteiger partial charge in [0.25, 0.3) is 0 Å². The molecule has 0 aliphatic carbocycles. The van der Waals surface area contributed by atoms with Gasteiger partial charge < -0.3 is 10.1 Å². The molecule has 2 aromatic carbocycles. The topological polar surface area (TPSA) is 60.7 Å². The van der Waals surface area contributed by atoms with Crippen molar-refractivity contribution in [2.45, 2.75) is 20.0 Å². The number of alkyl halides is 3. The lowest BCUT2D eigenvalue weighted by molar-refractivity contribution is -0.136. The molecule has 1 heterocycles. The summed E-state index contributed by atoms with van der Waals surface area (Å²) in [5.41, 5.74) is 1.58. The van der Waals surface area contributed by atoms with E-state index in [1.165, 1.54) is 12.1 Å². The number of fused-ring (bicyclic) bond motifs is 1. The quantitative estimate of drug-likeness (QED) is 0.561. The summed E-state index contributed by atoms with van der Waals surface area (Å²) >= 11 is 0. The SMILES string of the molecule is Cc1ccc(N=Nc2c(O)[nH]c3c(C(F)(F)F)cccc23)cc1C. The predicted molar refractivity (Wildman–Crippen MR) is 85.1 cm³/mol. The van der Waals surface area contributed by atoms with E-state index in [2.05, 4.69) is 15.2 Å². The number of rotatable bonds is 2. The van der Waals surface area contributed by atoms with Gasteiger partial charge >= 0.3 is 6.18 Å². The second kappa shape index (κ2) is 5.67. The maximum absolute atomic E-state index is 13.0. The summed E-state index contributed by atoms with van der Waals surface area (Å²) in [7, 11) is 0. The van der Waals surface area contributed by atoms with Crippen LogP contribution in [0, 0.1) is 13.8 Å². The van der Waals surface area contributed by atoms with Gasteiger partial charge in [-0.05, 0) is 43.2 Å². The minimum Gasteiger partial charge on any atom is -0.493 e. The Morgan fingerprint density at radius 2 is 1.75 bits per heavy atom. The maximum atomic E-state index is 13.0. The molecule has 0 saturated heterocycles. The molecule has 24 heavy (non-hydrogen) atoms. The average molecular weight is 333 g/mol. The first-order chi connectivity index (χ1) is 11.3. The molecule has 0 saturated carbocycles. The van der Waals surface area contributed by atoms with Crippen LogP contribution in [-0.4, -0.2) is 10.1 Å². The van der Waals surface area contributed by atoms with E-state index < -0.39 is 17.6 Å². The van der Waals surface area contributed by atoms with Crippen LogP contribution in [0.5, 0.6) is 5.88 Å². The van der Waals surface area contributed by atoms with Crippen LogP contribution < -0.4 is 0 Å². The fourth-order valence-electron chi connectivity index (χ4n) is 2.42. The zero-order valence-corrected chi connectivity index (χ0v) is 12.9. The van der Waals surface area contributed by atoms with E-state index in [1.54, 1.807) is 6.07 Å². The fourth-order valence-corrected chi connectivity index (χ4v) is 2.42. The lowest BCUT2D eigenvalue weighted by Crippen LogP contribution is -2.05. The Labute approximate surface area is 135 Å². The van der Waals surface area contributed by atoms with Crippen molar-refractivity contribution in [3.05, 3.63) is 53.1 Å². The van der Waals surface area contributed by atoms with E-state index in [0.717, 1.165) is 17.2 Å². The van der Waals surface area contributed by atoms with Crippen LogP contribution in [0.25, 0.3) is 10.9 Å². The monoisotopic (exact) mass is 333 g/mol. The number of H-pyrrole nitrogens is 1. The van der Waals surface area contributed by atoms with Crippen molar-refractivity contribution in [2.75, 3.05) is 0 Å². The van der Waals surface area contributed by atoms with Crippen LogP contribution in [-0.2, 0) is 6.18 Å². The van der Waals surface area contributed by atoms with Gasteiger partial charge in [-0.25, -0.2) is 0 Å². The molecule has 3 aromatic rings. The van der Waals surface area contributed by atoms with E-state index in [4.69, 9.17) is 0 Å². The predicted octanol–water partition coefficient (Wildman–Crippen LogP) is 5.92. The highest BCUT2D eigenvalue weighted by Crippen LogP contribution is 2.42. The standard InChI is InChI=1S/C17H14F3N3O/c1-9-6-7-11(8-10(9)2)22-23-15-12-4-3-5-13(17(18,19)20)14(12)21-16(15)24/h3-8,21,24H,1-2H3. The summed E-state index contributed by atoms with van der Waals surface area (Å²) in [6, 6.07) is 9.11. The van der Waals surface area contributed by atoms with E-state index in [0.29, 0.717) is 5.69 Å². The van der Waals surface area contributed by atoms with Gasteiger partial charge in [0.1, 0.15) is 0 Å². The maximum Gasteiger partial charge on any atom is 0.418 e. The summed E-state index contributed by atoms with van der Waals surface area (Å²) in [4.78, 5) is 2.34. The van der Waals surface area contributed by atoms with Crippen molar-refractivity contribution < 1.29 is 18.3 Å². The lowest BCUT2D eigenvalue weighted by atomic mass is 10.1. The number of aryl methyl sites for hydroxylation is 2. The molecule has 0 aliphatic rings. The number of nitrogens with one attached hydrogen (secondary N) is 1. The normalized spacial score (nSPS) is 12.4. The summed E-state index contributed by atoms with van der Waals surface area (Å²) in [6.45, 7) is 3.88. The Kier molecular flexibility index (Phi) is 3.79. The number of para-hydroxylation sites is 1. The van der Waals surface area contributed by atoms with E-state index >= 15 is 0 Å². The second-order valence-electron chi connectivity index (χ2n) is 5.52. The summed E-state index contributed by atoms with van der Waals surface area (Å²) < 4.78 is 39.1. The number of aromatic hydroxyl groups is 1. The number of nitrogens with zero attached hydrogens (tertiary/aromatic N) is 2. The fraction of sp³-hybridized carbons (Fsp3) is 0.176. The molecule has 0 spiro atoms. The average Bonchev–Trinajstić information content (AvgIpc) is 2.82. The van der Waals surface area contributed by atoms with Gasteiger partial charge in [0.15, 0.2) is 5.69 Å². The van der Waals surface area contributed by atoms with E-state index in [9.17, 15) is 18.3 Å². The molecule has 4 nitrogen and oxygen atoms in total. The zero-order chi connectivity index (χ0) is 17.5. The van der Waals surface area contributed by atoms with Crippen LogP contribution in [0.15, 0.2) is 46.6 Å². The Bertz CT molecular complexity index is 942. The second-order valence-corrected chi connectivity index (χ2v) is 5.52. The van der Waals surface area contributed by atoms with Crippen LogP contribution >= 0.6 is 0 Å². The van der Waals surface area contributed by atoms with Crippen molar-refractivity contribution in [1.82, 2.24) is 4.98 Å². The van der Waals surface area contributed by atoms with Gasteiger partial charge in [0.2, 0.25) is 5.88 Å². The van der Waals surface area contributed by atoms with E-state index in [1.807, 2.05) is 26.0 Å². The largest absolute Gasteiger partial charge is 0.493 e. The smallest absolute Gasteiger partial charge is 0.418 e. The van der Waals surface area contributed by atoms with Gasteiger partial charge in [-0.15, -0.1) is 5.11 Å². The molecule has 0 atom stereocenters. The summed E-state index contributed by atoms with van der Waals surface area (Å²) in [6.07, 6.45) is -4.53. The van der Waals surface area contributed by atoms with E-state index in [-0.39, 0.29) is 16.6 Å². The highest BCUT2D eigenvalue weighted by atomic mass is 19.4. The van der Waals surface area contributed by atoms with Gasteiger partial charge in [-0.3, -0.25) is 0 Å². The number of halogens is 3. The molecule has 0 amide bonds. The first-order valence-electron chi connectivity index (χ1n) is 7.17. The third-order valence-corrected chi connectivity index (χ3v) is 3.85. The van der Waals surface area contributed by atoms with Crippen molar-refractivity contribution in [3.63, 3.8) is 0 Å². The summed E-state index contributed by atoms with van der Waals surface area (Å²) in [5.74, 6) is -0.450. The number of aromatic amines is 1. The van der Waals surface area contributed by atoms with Crippen LogP contribution in [0.1, 0.15) is 16.7 Å². The first kappa shape index (κ1) is 16.0. The third-order valence-electron chi connectivity index (χ3n) is 3.85. The zero-order valence-electron chi connectivity index (χ0n) is 12.9. The van der Waals surface area contributed by atoms with Crippen molar-refractivity contribution in [1.29, 1.82) is 0 Å². The lowest BCUT2D eigenvalue weighted by Gasteiger charge is -2.07. The van der Waals surface area contributed by atoms with Crippen molar-refractivity contribution >= 4 is 22.3 Å². The molecule has 2 N–H and O–H groups in total. The van der Waals surface area contributed by atoms with Gasteiger partial charge in [-0.2, -0.15) is 18.3 Å². The van der Waals surface area contributed by atoms with Gasteiger partial charge in [-0.1, -0.05) is 18.2 Å². The molecule has 124 valence electrons. The summed E-state index contributed by atoms with van der Waals surface area (Å²) in [5, 5.41) is 18.0. The molecule has 0 bridgehead atoms. The molecule has 0 aliphatic heterocycles. The number of hydrogen-bond acceptors (Lipinski definition) is 3. The minimum atomic E-state index is -4.53. The Morgan fingerprint density at radius 1 is 1.00 bits per heavy atom.